The molecule has 0 aliphatic carbocycles. The number of aromatic carboxylic acids is 1. The molecule has 4 heteroatoms. The second-order valence-electron chi connectivity index (χ2n) is 6.34. The molecule has 0 unspecified atom stereocenters. The van der Waals surface area contributed by atoms with E-state index in [1.807, 2.05) is 79.7 Å². The maximum absolute atomic E-state index is 11.3. The van der Waals surface area contributed by atoms with Crippen LogP contribution in [-0.2, 0) is 13.0 Å². The number of carboxylic acid groups (broad SMARTS) is 1. The third-order valence-corrected chi connectivity index (χ3v) is 4.35. The van der Waals surface area contributed by atoms with Crippen LogP contribution in [0.25, 0.3) is 6.08 Å². The Balaban J connectivity index is 0.00000280. The van der Waals surface area contributed by atoms with Crippen LogP contribution in [0.4, 0.5) is 0 Å². The summed E-state index contributed by atoms with van der Waals surface area (Å²) in [6, 6.07) is 23.2. The fraction of sp³-hybridized carbons (Fsp3) is 0.125. The van der Waals surface area contributed by atoms with Gasteiger partial charge in [-0.3, -0.25) is 0 Å². The number of aryl methyl sites for hydroxylation is 1. The Bertz CT molecular complexity index is 949. The summed E-state index contributed by atoms with van der Waals surface area (Å²) in [5.41, 5.74) is 4.29. The number of benzene rings is 3. The van der Waals surface area contributed by atoms with Crippen LogP contribution in [0.5, 0.6) is 5.75 Å². The van der Waals surface area contributed by atoms with E-state index in [4.69, 9.17) is 4.74 Å². The molecule has 0 spiro atoms. The van der Waals surface area contributed by atoms with Gasteiger partial charge >= 0.3 is 35.5 Å². The van der Waals surface area contributed by atoms with Gasteiger partial charge in [-0.1, -0.05) is 78.9 Å². The SMILES string of the molecule is Cc1cccc(CC=Cc2ccccc2C(=O)O)c1OCc1ccccc1.[NaH]. The Kier molecular flexibility index (Phi) is 8.52. The number of rotatable bonds is 7. The first-order valence-electron chi connectivity index (χ1n) is 8.89. The molecule has 0 heterocycles. The Morgan fingerprint density at radius 3 is 2.43 bits per heavy atom. The first-order valence-corrected chi connectivity index (χ1v) is 8.89. The van der Waals surface area contributed by atoms with Crippen molar-refractivity contribution in [2.75, 3.05) is 0 Å². The van der Waals surface area contributed by atoms with Crippen LogP contribution in [0, 0.1) is 6.92 Å². The molecule has 0 aliphatic heterocycles. The van der Waals surface area contributed by atoms with Crippen LogP contribution in [0.1, 0.15) is 32.6 Å². The van der Waals surface area contributed by atoms with Gasteiger partial charge in [0.25, 0.3) is 0 Å². The number of ether oxygens (including phenoxy) is 1. The zero-order valence-corrected chi connectivity index (χ0v) is 15.3. The summed E-state index contributed by atoms with van der Waals surface area (Å²) >= 11 is 0. The van der Waals surface area contributed by atoms with E-state index >= 15 is 0 Å². The molecule has 0 radical (unpaired) electrons. The van der Waals surface area contributed by atoms with Gasteiger partial charge in [0, 0.05) is 0 Å². The average Bonchev–Trinajstić information content (AvgIpc) is 2.68. The Labute approximate surface area is 188 Å². The van der Waals surface area contributed by atoms with Crippen molar-refractivity contribution in [2.45, 2.75) is 20.0 Å². The molecule has 0 fully saturated rings. The van der Waals surface area contributed by atoms with Gasteiger partial charge in [0.05, 0.1) is 5.56 Å². The van der Waals surface area contributed by atoms with Gasteiger partial charge in [-0.15, -0.1) is 0 Å². The quantitative estimate of drug-likeness (QED) is 0.593. The third kappa shape index (κ3) is 5.83. The summed E-state index contributed by atoms with van der Waals surface area (Å²) in [5, 5.41) is 9.29. The Morgan fingerprint density at radius 1 is 0.964 bits per heavy atom. The standard InChI is InChI=1S/C24H22O3.Na.H/c1-18-9-7-14-21(23(18)27-17-19-10-3-2-4-11-19)15-8-13-20-12-5-6-16-22(20)24(25)26;;/h2-14,16H,15,17H2,1H3,(H,25,26);;. The molecule has 3 nitrogen and oxygen atoms in total. The van der Waals surface area contributed by atoms with Crippen molar-refractivity contribution in [2.24, 2.45) is 0 Å². The summed E-state index contributed by atoms with van der Waals surface area (Å²) in [6.07, 6.45) is 4.50. The molecule has 0 bridgehead atoms. The van der Waals surface area contributed by atoms with Crippen LogP contribution in [0.15, 0.2) is 78.9 Å². The molecule has 0 atom stereocenters. The molecule has 3 aromatic rings. The van der Waals surface area contributed by atoms with Crippen LogP contribution < -0.4 is 4.74 Å². The van der Waals surface area contributed by atoms with Crippen molar-refractivity contribution in [1.29, 1.82) is 0 Å². The first kappa shape index (κ1) is 22.0. The summed E-state index contributed by atoms with van der Waals surface area (Å²) in [5.74, 6) is -0.0322. The van der Waals surface area contributed by atoms with Crippen molar-refractivity contribution in [1.82, 2.24) is 0 Å². The molecule has 0 saturated carbocycles. The number of allylic oxidation sites excluding steroid dienone is 1. The second-order valence-corrected chi connectivity index (χ2v) is 6.34. The number of para-hydroxylation sites is 1. The molecule has 0 aromatic heterocycles. The van der Waals surface area contributed by atoms with E-state index in [0.29, 0.717) is 24.2 Å². The van der Waals surface area contributed by atoms with E-state index in [-0.39, 0.29) is 29.6 Å². The molecule has 0 saturated heterocycles. The molecular formula is C24H23NaO3. The summed E-state index contributed by atoms with van der Waals surface area (Å²) in [7, 11) is 0. The van der Waals surface area contributed by atoms with Crippen LogP contribution in [-0.4, -0.2) is 40.6 Å². The molecule has 138 valence electrons. The number of hydrogen-bond donors (Lipinski definition) is 1. The topological polar surface area (TPSA) is 46.5 Å². The Morgan fingerprint density at radius 2 is 1.68 bits per heavy atom. The summed E-state index contributed by atoms with van der Waals surface area (Å²) in [4.78, 5) is 11.3. The number of hydrogen-bond acceptors (Lipinski definition) is 2. The van der Waals surface area contributed by atoms with E-state index in [2.05, 4.69) is 0 Å². The van der Waals surface area contributed by atoms with Crippen molar-refractivity contribution < 1.29 is 14.6 Å². The zero-order valence-electron chi connectivity index (χ0n) is 15.3. The Hall–Kier alpha value is -2.33. The van der Waals surface area contributed by atoms with Gasteiger partial charge in [0.15, 0.2) is 0 Å². The van der Waals surface area contributed by atoms with Crippen LogP contribution in [0.2, 0.25) is 0 Å². The summed E-state index contributed by atoms with van der Waals surface area (Å²) < 4.78 is 6.09. The normalized spacial score (nSPS) is 10.5. The predicted octanol–water partition coefficient (Wildman–Crippen LogP) is 4.88. The van der Waals surface area contributed by atoms with E-state index in [0.717, 1.165) is 22.4 Å². The number of carbonyl (C=O) groups is 1. The van der Waals surface area contributed by atoms with Crippen LogP contribution in [0.3, 0.4) is 0 Å². The van der Waals surface area contributed by atoms with Crippen molar-refractivity contribution in [3.63, 3.8) is 0 Å². The summed E-state index contributed by atoms with van der Waals surface area (Å²) in [6.45, 7) is 2.55. The average molecular weight is 382 g/mol. The van der Waals surface area contributed by atoms with Gasteiger partial charge < -0.3 is 9.84 Å². The van der Waals surface area contributed by atoms with Gasteiger partial charge in [-0.2, -0.15) is 0 Å². The molecule has 0 aliphatic rings. The fourth-order valence-electron chi connectivity index (χ4n) is 2.96. The molecular weight excluding hydrogens is 359 g/mol. The van der Waals surface area contributed by atoms with E-state index in [1.165, 1.54) is 0 Å². The monoisotopic (exact) mass is 382 g/mol. The number of carboxylic acids is 1. The minimum absolute atomic E-state index is 0. The molecule has 0 amide bonds. The predicted molar refractivity (Wildman–Crippen MR) is 115 cm³/mol. The van der Waals surface area contributed by atoms with Crippen molar-refractivity contribution in [3.8, 4) is 5.75 Å². The van der Waals surface area contributed by atoms with E-state index in [1.54, 1.807) is 12.1 Å². The van der Waals surface area contributed by atoms with Crippen molar-refractivity contribution >= 4 is 41.6 Å². The molecule has 3 rings (SSSR count). The molecule has 3 aromatic carbocycles. The molecule has 28 heavy (non-hydrogen) atoms. The van der Waals surface area contributed by atoms with Gasteiger partial charge in [-0.25, -0.2) is 4.79 Å². The van der Waals surface area contributed by atoms with Crippen molar-refractivity contribution in [3.05, 3.63) is 107 Å². The van der Waals surface area contributed by atoms with E-state index in [9.17, 15) is 9.90 Å². The first-order chi connectivity index (χ1) is 13.1. The van der Waals surface area contributed by atoms with Gasteiger partial charge in [0.2, 0.25) is 0 Å². The third-order valence-electron chi connectivity index (χ3n) is 4.35. The fourth-order valence-corrected chi connectivity index (χ4v) is 2.96. The zero-order chi connectivity index (χ0) is 19.1. The maximum atomic E-state index is 11.3. The second kappa shape index (κ2) is 10.9. The van der Waals surface area contributed by atoms with E-state index < -0.39 is 5.97 Å². The van der Waals surface area contributed by atoms with Crippen LogP contribution >= 0.6 is 0 Å². The molecule has 1 N–H and O–H groups in total. The van der Waals surface area contributed by atoms with Gasteiger partial charge in [-0.05, 0) is 41.7 Å². The minimum atomic E-state index is -0.919. The van der Waals surface area contributed by atoms with Gasteiger partial charge in [0.1, 0.15) is 12.4 Å².